The highest BCUT2D eigenvalue weighted by molar-refractivity contribution is 5.92. The molecule has 0 aliphatic rings. The molecule has 0 aromatic heterocycles. The van der Waals surface area contributed by atoms with Gasteiger partial charge in [0.25, 0.3) is 0 Å². The van der Waals surface area contributed by atoms with E-state index in [1.54, 1.807) is 0 Å². The number of phenols is 1. The van der Waals surface area contributed by atoms with Crippen LogP contribution in [0.2, 0.25) is 0 Å². The summed E-state index contributed by atoms with van der Waals surface area (Å²) in [5.74, 6) is -1.05. The Labute approximate surface area is 217 Å². The number of rotatable bonds is 11. The molecule has 0 saturated heterocycles. The molecule has 1 atom stereocenters. The van der Waals surface area contributed by atoms with Crippen molar-refractivity contribution in [3.63, 3.8) is 0 Å². The molecule has 2 amide bonds. The first-order valence-corrected chi connectivity index (χ1v) is 12.3. The van der Waals surface area contributed by atoms with Gasteiger partial charge in [-0.3, -0.25) is 15.0 Å². The van der Waals surface area contributed by atoms with E-state index in [1.807, 2.05) is 86.6 Å². The lowest BCUT2D eigenvalue weighted by Gasteiger charge is -2.23. The van der Waals surface area contributed by atoms with E-state index in [-0.39, 0.29) is 30.1 Å². The average molecular weight is 502 g/mol. The average Bonchev–Trinajstić information content (AvgIpc) is 2.88. The van der Waals surface area contributed by atoms with Crippen molar-refractivity contribution in [1.82, 2.24) is 16.0 Å². The van der Waals surface area contributed by atoms with Gasteiger partial charge in [0.1, 0.15) is 11.8 Å². The van der Waals surface area contributed by atoms with Crippen LogP contribution < -0.4 is 21.7 Å². The maximum atomic E-state index is 13.6. The highest BCUT2D eigenvalue weighted by Gasteiger charge is 2.27. The summed E-state index contributed by atoms with van der Waals surface area (Å²) in [5, 5.41) is 26.0. The fourth-order valence-electron chi connectivity index (χ4n) is 4.30. The normalized spacial score (nSPS) is 11.5. The Morgan fingerprint density at radius 1 is 0.892 bits per heavy atom. The number of nitrogens with one attached hydrogen (secondary N) is 4. The van der Waals surface area contributed by atoms with E-state index < -0.39 is 12.0 Å². The number of aryl methyl sites for hydroxylation is 2. The van der Waals surface area contributed by atoms with E-state index in [0.717, 1.165) is 27.8 Å². The molecule has 8 heteroatoms. The largest absolute Gasteiger partial charge is 0.507 e. The number of hydrogen-bond acceptors (Lipinski definition) is 4. The van der Waals surface area contributed by atoms with E-state index in [9.17, 15) is 14.7 Å². The van der Waals surface area contributed by atoms with Crippen LogP contribution in [-0.4, -0.2) is 35.5 Å². The minimum atomic E-state index is -0.782. The van der Waals surface area contributed by atoms with Crippen molar-refractivity contribution in [2.45, 2.75) is 45.2 Å². The number of guanidine groups is 1. The van der Waals surface area contributed by atoms with Gasteiger partial charge >= 0.3 is 0 Å². The number of benzene rings is 3. The predicted molar refractivity (Wildman–Crippen MR) is 145 cm³/mol. The second-order valence-electron chi connectivity index (χ2n) is 9.09. The third kappa shape index (κ3) is 7.83. The number of hydrogen-bond donors (Lipinski definition) is 6. The number of nitrogens with two attached hydrogens (primary N) is 1. The van der Waals surface area contributed by atoms with Crippen LogP contribution in [0.4, 0.5) is 0 Å². The lowest BCUT2D eigenvalue weighted by Crippen LogP contribution is -2.48. The summed E-state index contributed by atoms with van der Waals surface area (Å²) in [6.45, 7) is 4.30. The summed E-state index contributed by atoms with van der Waals surface area (Å²) >= 11 is 0. The van der Waals surface area contributed by atoms with Gasteiger partial charge in [-0.1, -0.05) is 72.8 Å². The Hall–Kier alpha value is -4.33. The molecule has 0 spiro atoms. The molecule has 0 bridgehead atoms. The van der Waals surface area contributed by atoms with Crippen LogP contribution in [0.5, 0.6) is 5.75 Å². The molecule has 0 fully saturated rings. The quantitative estimate of drug-likeness (QED) is 0.136. The molecule has 3 aromatic carbocycles. The fourth-order valence-corrected chi connectivity index (χ4v) is 4.30. The first-order valence-electron chi connectivity index (χ1n) is 12.3. The minimum absolute atomic E-state index is 0.142. The highest BCUT2D eigenvalue weighted by Crippen LogP contribution is 2.25. The van der Waals surface area contributed by atoms with Crippen LogP contribution in [0.25, 0.3) is 0 Å². The van der Waals surface area contributed by atoms with Crippen molar-refractivity contribution in [2.24, 2.45) is 5.73 Å². The molecule has 0 radical (unpaired) electrons. The number of phenolic OH excluding ortho intramolecular Hbond substituents is 1. The van der Waals surface area contributed by atoms with E-state index in [1.165, 1.54) is 0 Å². The van der Waals surface area contributed by atoms with Crippen molar-refractivity contribution in [2.75, 3.05) is 6.54 Å². The van der Waals surface area contributed by atoms with Gasteiger partial charge < -0.3 is 26.8 Å². The van der Waals surface area contributed by atoms with Crippen LogP contribution in [0.1, 0.15) is 46.6 Å². The lowest BCUT2D eigenvalue weighted by atomic mass is 9.90. The zero-order valence-electron chi connectivity index (χ0n) is 21.3. The third-order valence-corrected chi connectivity index (χ3v) is 6.16. The lowest BCUT2D eigenvalue weighted by molar-refractivity contribution is -0.129. The van der Waals surface area contributed by atoms with Crippen molar-refractivity contribution >= 4 is 17.8 Å². The summed E-state index contributed by atoms with van der Waals surface area (Å²) in [4.78, 5) is 26.9. The molecule has 37 heavy (non-hydrogen) atoms. The number of aromatic hydroxyl groups is 1. The van der Waals surface area contributed by atoms with Crippen LogP contribution >= 0.6 is 0 Å². The molecule has 8 nitrogen and oxygen atoms in total. The van der Waals surface area contributed by atoms with Gasteiger partial charge in [-0.2, -0.15) is 0 Å². The SMILES string of the molecule is Cc1cc(CNC(=O)C(CCCNC(=N)N)NC(=O)C(c2ccccc2)c2ccccc2)cc(C)c1O. The zero-order valence-corrected chi connectivity index (χ0v) is 21.3. The molecule has 3 rings (SSSR count). The van der Waals surface area contributed by atoms with Crippen molar-refractivity contribution in [3.8, 4) is 5.75 Å². The summed E-state index contributed by atoms with van der Waals surface area (Å²) < 4.78 is 0. The monoisotopic (exact) mass is 501 g/mol. The Kier molecular flexibility index (Phi) is 9.66. The van der Waals surface area contributed by atoms with Gasteiger partial charge in [-0.05, 0) is 54.5 Å². The fraction of sp³-hybridized carbons (Fsp3) is 0.276. The Morgan fingerprint density at radius 2 is 1.43 bits per heavy atom. The summed E-state index contributed by atoms with van der Waals surface area (Å²) in [6.07, 6.45) is 0.887. The molecule has 0 heterocycles. The Morgan fingerprint density at radius 3 is 1.95 bits per heavy atom. The summed E-state index contributed by atoms with van der Waals surface area (Å²) in [7, 11) is 0. The topological polar surface area (TPSA) is 140 Å². The molecule has 0 aliphatic carbocycles. The molecular formula is C29H35N5O3. The highest BCUT2D eigenvalue weighted by atomic mass is 16.3. The number of carbonyl (C=O) groups is 2. The molecule has 194 valence electrons. The van der Waals surface area contributed by atoms with Gasteiger partial charge in [-0.15, -0.1) is 0 Å². The van der Waals surface area contributed by atoms with E-state index in [4.69, 9.17) is 11.1 Å². The van der Waals surface area contributed by atoms with Gasteiger partial charge in [0.15, 0.2) is 5.96 Å². The standard InChI is InChI=1S/C29H35N5O3/c1-19-16-21(17-20(2)26(19)35)18-33-27(36)24(14-9-15-32-29(30)31)34-28(37)25(22-10-5-3-6-11-22)23-12-7-4-8-13-23/h3-8,10-13,16-17,24-25,35H,9,14-15,18H2,1-2H3,(H,33,36)(H,34,37)(H4,30,31,32). The van der Waals surface area contributed by atoms with Crippen molar-refractivity contribution < 1.29 is 14.7 Å². The van der Waals surface area contributed by atoms with Crippen molar-refractivity contribution in [1.29, 1.82) is 5.41 Å². The first kappa shape index (κ1) is 27.3. The van der Waals surface area contributed by atoms with Gasteiger partial charge in [-0.25, -0.2) is 0 Å². The maximum Gasteiger partial charge on any atom is 0.242 e. The van der Waals surface area contributed by atoms with Gasteiger partial charge in [0, 0.05) is 13.1 Å². The number of carbonyl (C=O) groups excluding carboxylic acids is 2. The number of amides is 2. The molecule has 0 aliphatic heterocycles. The van der Waals surface area contributed by atoms with Gasteiger partial charge in [0.2, 0.25) is 11.8 Å². The second-order valence-corrected chi connectivity index (χ2v) is 9.09. The van der Waals surface area contributed by atoms with Crippen LogP contribution in [0.15, 0.2) is 72.8 Å². The van der Waals surface area contributed by atoms with E-state index >= 15 is 0 Å². The minimum Gasteiger partial charge on any atom is -0.507 e. The van der Waals surface area contributed by atoms with Crippen molar-refractivity contribution in [3.05, 3.63) is 101 Å². The molecule has 7 N–H and O–H groups in total. The van der Waals surface area contributed by atoms with Gasteiger partial charge in [0.05, 0.1) is 5.92 Å². The molecule has 0 saturated carbocycles. The predicted octanol–water partition coefficient (Wildman–Crippen LogP) is 3.21. The van der Waals surface area contributed by atoms with E-state index in [2.05, 4.69) is 16.0 Å². The summed E-state index contributed by atoms with van der Waals surface area (Å²) in [5.41, 5.74) is 9.36. The zero-order chi connectivity index (χ0) is 26.8. The smallest absolute Gasteiger partial charge is 0.242 e. The first-order chi connectivity index (χ1) is 17.8. The van der Waals surface area contributed by atoms with E-state index in [0.29, 0.717) is 19.4 Å². The second kappa shape index (κ2) is 13.1. The summed E-state index contributed by atoms with van der Waals surface area (Å²) in [6, 6.07) is 21.8. The Bertz CT molecular complexity index is 1150. The molecule has 3 aromatic rings. The Balaban J connectivity index is 1.78. The molecule has 1 unspecified atom stereocenters. The van der Waals surface area contributed by atoms with Crippen LogP contribution in [-0.2, 0) is 16.1 Å². The molecular weight excluding hydrogens is 466 g/mol. The maximum absolute atomic E-state index is 13.6. The van der Waals surface area contributed by atoms with Crippen LogP contribution in [0, 0.1) is 19.3 Å². The third-order valence-electron chi connectivity index (χ3n) is 6.16. The van der Waals surface area contributed by atoms with Crippen LogP contribution in [0.3, 0.4) is 0 Å².